The molecule has 2 unspecified atom stereocenters. The van der Waals surface area contributed by atoms with E-state index in [2.05, 4.69) is 20.8 Å². The van der Waals surface area contributed by atoms with Gasteiger partial charge in [-0.05, 0) is 31.0 Å². The number of aromatic nitrogens is 2. The van der Waals surface area contributed by atoms with Crippen molar-refractivity contribution in [2.75, 3.05) is 7.05 Å². The van der Waals surface area contributed by atoms with Gasteiger partial charge in [-0.15, -0.1) is 0 Å². The third kappa shape index (κ3) is 3.52. The molecule has 7 nitrogen and oxygen atoms in total. The molecule has 23 heavy (non-hydrogen) atoms. The van der Waals surface area contributed by atoms with Gasteiger partial charge in [0.25, 0.3) is 0 Å². The predicted octanol–water partition coefficient (Wildman–Crippen LogP) is 0.990. The molecule has 1 aliphatic rings. The van der Waals surface area contributed by atoms with Gasteiger partial charge in [-0.3, -0.25) is 4.79 Å². The molecule has 3 rings (SSSR count). The third-order valence-electron chi connectivity index (χ3n) is 4.02. The maximum atomic E-state index is 12.5. The van der Waals surface area contributed by atoms with E-state index in [4.69, 9.17) is 0 Å². The lowest BCUT2D eigenvalue weighted by atomic mass is 10.0. The lowest BCUT2D eigenvalue weighted by Crippen LogP contribution is -2.43. The van der Waals surface area contributed by atoms with Crippen LogP contribution in [0.5, 0.6) is 5.75 Å². The number of nitrogens with zero attached hydrogens (tertiary/aromatic N) is 2. The van der Waals surface area contributed by atoms with Crippen molar-refractivity contribution in [3.8, 4) is 5.75 Å². The van der Waals surface area contributed by atoms with Gasteiger partial charge in [0.05, 0.1) is 6.54 Å². The highest BCUT2D eigenvalue weighted by Crippen LogP contribution is 2.24. The number of aromatic amines is 1. The summed E-state index contributed by atoms with van der Waals surface area (Å²) in [6, 6.07) is 6.78. The SMILES string of the molecule is Cc1cnc(CN(C)C(=O)C2CC(c3ccc(O)cc3)NN2)[nH]1. The third-order valence-corrected chi connectivity index (χ3v) is 4.02. The van der Waals surface area contributed by atoms with Crippen molar-refractivity contribution in [3.63, 3.8) is 0 Å². The zero-order valence-corrected chi connectivity index (χ0v) is 13.2. The van der Waals surface area contributed by atoms with E-state index >= 15 is 0 Å². The summed E-state index contributed by atoms with van der Waals surface area (Å²) in [5.74, 6) is 1.04. The van der Waals surface area contributed by atoms with Gasteiger partial charge in [0.15, 0.2) is 0 Å². The number of nitrogens with one attached hydrogen (secondary N) is 3. The molecule has 1 fully saturated rings. The fraction of sp³-hybridized carbons (Fsp3) is 0.375. The minimum Gasteiger partial charge on any atom is -0.508 e. The van der Waals surface area contributed by atoms with E-state index in [0.717, 1.165) is 17.1 Å². The minimum atomic E-state index is -0.283. The molecule has 0 aliphatic carbocycles. The van der Waals surface area contributed by atoms with Gasteiger partial charge < -0.3 is 15.0 Å². The van der Waals surface area contributed by atoms with Crippen LogP contribution in [0.3, 0.4) is 0 Å². The number of carbonyl (C=O) groups excluding carboxylic acids is 1. The van der Waals surface area contributed by atoms with E-state index in [0.29, 0.717) is 13.0 Å². The zero-order chi connectivity index (χ0) is 16.4. The van der Waals surface area contributed by atoms with E-state index in [1.807, 2.05) is 19.1 Å². The maximum absolute atomic E-state index is 12.5. The van der Waals surface area contributed by atoms with Crippen molar-refractivity contribution in [1.29, 1.82) is 0 Å². The topological polar surface area (TPSA) is 93.3 Å². The Bertz CT molecular complexity index is 682. The molecule has 1 aliphatic heterocycles. The molecule has 0 radical (unpaired) electrons. The van der Waals surface area contributed by atoms with Crippen LogP contribution in [0.4, 0.5) is 0 Å². The normalized spacial score (nSPS) is 20.6. The van der Waals surface area contributed by atoms with Gasteiger partial charge in [-0.1, -0.05) is 12.1 Å². The minimum absolute atomic E-state index is 0.0211. The maximum Gasteiger partial charge on any atom is 0.241 e. The summed E-state index contributed by atoms with van der Waals surface area (Å²) < 4.78 is 0. The molecule has 7 heteroatoms. The van der Waals surface area contributed by atoms with E-state index in [1.165, 1.54) is 0 Å². The number of likely N-dealkylation sites (N-methyl/N-ethyl adjacent to an activating group) is 1. The van der Waals surface area contributed by atoms with Crippen LogP contribution >= 0.6 is 0 Å². The second-order valence-electron chi connectivity index (χ2n) is 5.93. The number of hydrogen-bond donors (Lipinski definition) is 4. The summed E-state index contributed by atoms with van der Waals surface area (Å²) >= 11 is 0. The van der Waals surface area contributed by atoms with Crippen molar-refractivity contribution in [2.45, 2.75) is 32.0 Å². The van der Waals surface area contributed by atoms with Crippen LogP contribution < -0.4 is 10.9 Å². The Labute approximate surface area is 134 Å². The van der Waals surface area contributed by atoms with E-state index in [1.54, 1.807) is 30.3 Å². The number of aryl methyl sites for hydroxylation is 1. The second-order valence-corrected chi connectivity index (χ2v) is 5.93. The Kier molecular flexibility index (Phi) is 4.31. The molecule has 1 aromatic carbocycles. The molecule has 122 valence electrons. The van der Waals surface area contributed by atoms with Crippen LogP contribution in [0.1, 0.15) is 29.5 Å². The molecule has 4 N–H and O–H groups in total. The number of hydrazine groups is 1. The van der Waals surface area contributed by atoms with Crippen molar-refractivity contribution >= 4 is 5.91 Å². The van der Waals surface area contributed by atoms with Crippen molar-refractivity contribution in [1.82, 2.24) is 25.7 Å². The van der Waals surface area contributed by atoms with Gasteiger partial charge in [0.1, 0.15) is 17.6 Å². The van der Waals surface area contributed by atoms with Gasteiger partial charge in [-0.2, -0.15) is 0 Å². The summed E-state index contributed by atoms with van der Waals surface area (Å²) in [6.07, 6.45) is 2.41. The smallest absolute Gasteiger partial charge is 0.241 e. The number of H-pyrrole nitrogens is 1. The van der Waals surface area contributed by atoms with Gasteiger partial charge in [-0.25, -0.2) is 15.8 Å². The van der Waals surface area contributed by atoms with Gasteiger partial charge in [0.2, 0.25) is 5.91 Å². The summed E-state index contributed by atoms with van der Waals surface area (Å²) in [5.41, 5.74) is 8.22. The first-order valence-electron chi connectivity index (χ1n) is 7.58. The molecular weight excluding hydrogens is 294 g/mol. The molecule has 0 spiro atoms. The summed E-state index contributed by atoms with van der Waals surface area (Å²) in [7, 11) is 1.77. The molecular formula is C16H21N5O2. The van der Waals surface area contributed by atoms with Crippen LogP contribution in [0, 0.1) is 6.92 Å². The molecule has 0 bridgehead atoms. The van der Waals surface area contributed by atoms with Crippen LogP contribution in [-0.4, -0.2) is 39.0 Å². The first kappa shape index (κ1) is 15.5. The number of carbonyl (C=O) groups is 1. The first-order chi connectivity index (χ1) is 11.0. The van der Waals surface area contributed by atoms with Crippen molar-refractivity contribution in [2.24, 2.45) is 0 Å². The summed E-state index contributed by atoms with van der Waals surface area (Å²) in [5, 5.41) is 9.35. The van der Waals surface area contributed by atoms with Gasteiger partial charge >= 0.3 is 0 Å². The highest BCUT2D eigenvalue weighted by molar-refractivity contribution is 5.82. The quantitative estimate of drug-likeness (QED) is 0.675. The van der Waals surface area contributed by atoms with Crippen LogP contribution in [0.25, 0.3) is 0 Å². The Morgan fingerprint density at radius 1 is 1.35 bits per heavy atom. The standard InChI is InChI=1S/C16H21N5O2/c1-10-8-17-15(18-10)9-21(2)16(23)14-7-13(19-20-14)11-3-5-12(22)6-4-11/h3-6,8,13-14,19-20,22H,7,9H2,1-2H3,(H,17,18). The molecule has 2 heterocycles. The van der Waals surface area contributed by atoms with Crippen LogP contribution in [-0.2, 0) is 11.3 Å². The summed E-state index contributed by atoms with van der Waals surface area (Å²) in [6.45, 7) is 2.39. The van der Waals surface area contributed by atoms with Crippen LogP contribution in [0.2, 0.25) is 0 Å². The highest BCUT2D eigenvalue weighted by Gasteiger charge is 2.32. The highest BCUT2D eigenvalue weighted by atomic mass is 16.3. The van der Waals surface area contributed by atoms with Crippen molar-refractivity contribution in [3.05, 3.63) is 47.5 Å². The molecule has 1 amide bonds. The first-order valence-corrected chi connectivity index (χ1v) is 7.58. The average molecular weight is 315 g/mol. The molecule has 2 aromatic rings. The van der Waals surface area contributed by atoms with Gasteiger partial charge in [0, 0.05) is 25.0 Å². The number of phenolic OH excluding ortho intramolecular Hbond substituents is 1. The van der Waals surface area contributed by atoms with E-state index < -0.39 is 0 Å². The number of amides is 1. The second kappa shape index (κ2) is 6.39. The fourth-order valence-corrected chi connectivity index (χ4v) is 2.76. The number of imidazole rings is 1. The number of benzene rings is 1. The number of phenols is 1. The monoisotopic (exact) mass is 315 g/mol. The number of aromatic hydroxyl groups is 1. The summed E-state index contributed by atoms with van der Waals surface area (Å²) in [4.78, 5) is 21.5. The van der Waals surface area contributed by atoms with Crippen LogP contribution in [0.15, 0.2) is 30.5 Å². The Hall–Kier alpha value is -2.38. The Morgan fingerprint density at radius 3 is 2.74 bits per heavy atom. The van der Waals surface area contributed by atoms with E-state index in [9.17, 15) is 9.90 Å². The van der Waals surface area contributed by atoms with Crippen molar-refractivity contribution < 1.29 is 9.90 Å². The molecule has 2 atom stereocenters. The zero-order valence-electron chi connectivity index (χ0n) is 13.2. The fourth-order valence-electron chi connectivity index (χ4n) is 2.76. The average Bonchev–Trinajstić information content (AvgIpc) is 3.16. The molecule has 1 aromatic heterocycles. The largest absolute Gasteiger partial charge is 0.508 e. The Balaban J connectivity index is 1.59. The lowest BCUT2D eigenvalue weighted by molar-refractivity contribution is -0.132. The number of hydrogen-bond acceptors (Lipinski definition) is 5. The van der Waals surface area contributed by atoms with E-state index in [-0.39, 0.29) is 23.7 Å². The molecule has 0 saturated carbocycles. The lowest BCUT2D eigenvalue weighted by Gasteiger charge is -2.19. The number of rotatable bonds is 4. The Morgan fingerprint density at radius 2 is 2.09 bits per heavy atom. The predicted molar refractivity (Wildman–Crippen MR) is 85.3 cm³/mol. The molecule has 1 saturated heterocycles.